The van der Waals surface area contributed by atoms with E-state index in [1.165, 1.54) is 11.1 Å². The standard InChI is InChI=1S/C28H30N2O2/c1-19(2)23-10-7-11-24-25(18-30-27(23)24)28(31)26(21-8-5-4-6-9-21)29-17-16-20-12-14-22(32-3)15-13-20/h4-15,18-19,26,29-30H,16-17H2,1-3H3. The molecule has 4 heteroatoms. The van der Waals surface area contributed by atoms with Crippen molar-refractivity contribution in [2.24, 2.45) is 0 Å². The van der Waals surface area contributed by atoms with Crippen molar-refractivity contribution in [2.75, 3.05) is 13.7 Å². The van der Waals surface area contributed by atoms with Crippen molar-refractivity contribution in [1.82, 2.24) is 10.3 Å². The zero-order valence-corrected chi connectivity index (χ0v) is 18.9. The number of carbonyl (C=O) groups is 1. The van der Waals surface area contributed by atoms with Gasteiger partial charge in [0.05, 0.1) is 13.2 Å². The van der Waals surface area contributed by atoms with E-state index in [0.29, 0.717) is 12.5 Å². The first-order chi connectivity index (χ1) is 15.6. The van der Waals surface area contributed by atoms with Crippen LogP contribution in [0.15, 0.2) is 79.0 Å². The lowest BCUT2D eigenvalue weighted by Crippen LogP contribution is -2.30. The Balaban J connectivity index is 1.58. The number of H-pyrrole nitrogens is 1. The highest BCUT2D eigenvalue weighted by atomic mass is 16.5. The second-order valence-electron chi connectivity index (χ2n) is 8.39. The lowest BCUT2D eigenvalue weighted by atomic mass is 9.94. The molecule has 0 saturated carbocycles. The topological polar surface area (TPSA) is 54.1 Å². The smallest absolute Gasteiger partial charge is 0.186 e. The van der Waals surface area contributed by atoms with Gasteiger partial charge in [0.15, 0.2) is 5.78 Å². The van der Waals surface area contributed by atoms with Gasteiger partial charge in [0.1, 0.15) is 5.75 Å². The molecule has 3 aromatic carbocycles. The normalized spacial score (nSPS) is 12.2. The van der Waals surface area contributed by atoms with Crippen molar-refractivity contribution in [1.29, 1.82) is 0 Å². The molecule has 1 atom stereocenters. The van der Waals surface area contributed by atoms with Gasteiger partial charge >= 0.3 is 0 Å². The maximum absolute atomic E-state index is 13.7. The predicted octanol–water partition coefficient (Wildman–Crippen LogP) is 6.06. The largest absolute Gasteiger partial charge is 0.497 e. The number of benzene rings is 3. The number of aromatic amines is 1. The Morgan fingerprint density at radius 1 is 0.969 bits per heavy atom. The van der Waals surface area contributed by atoms with Crippen LogP contribution in [-0.4, -0.2) is 24.4 Å². The van der Waals surface area contributed by atoms with Gasteiger partial charge in [-0.05, 0) is 41.2 Å². The molecule has 0 aliphatic carbocycles. The summed E-state index contributed by atoms with van der Waals surface area (Å²) in [5.41, 5.74) is 5.18. The molecule has 1 unspecified atom stereocenters. The molecule has 4 aromatic rings. The minimum absolute atomic E-state index is 0.0816. The number of hydrogen-bond acceptors (Lipinski definition) is 3. The molecule has 0 radical (unpaired) electrons. The number of ketones is 1. The maximum Gasteiger partial charge on any atom is 0.186 e. The summed E-state index contributed by atoms with van der Waals surface area (Å²) in [5, 5.41) is 4.49. The second-order valence-corrected chi connectivity index (χ2v) is 8.39. The molecule has 0 amide bonds. The third-order valence-electron chi connectivity index (χ3n) is 5.95. The molecule has 2 N–H and O–H groups in total. The zero-order chi connectivity index (χ0) is 22.5. The van der Waals surface area contributed by atoms with E-state index in [1.807, 2.05) is 60.8 Å². The van der Waals surface area contributed by atoms with Crippen LogP contribution in [0.3, 0.4) is 0 Å². The second kappa shape index (κ2) is 9.84. The fourth-order valence-electron chi connectivity index (χ4n) is 4.18. The molecule has 4 nitrogen and oxygen atoms in total. The van der Waals surface area contributed by atoms with E-state index in [9.17, 15) is 4.79 Å². The van der Waals surface area contributed by atoms with Crippen molar-refractivity contribution < 1.29 is 9.53 Å². The number of carbonyl (C=O) groups excluding carboxylic acids is 1. The Morgan fingerprint density at radius 3 is 2.41 bits per heavy atom. The first-order valence-electron chi connectivity index (χ1n) is 11.1. The van der Waals surface area contributed by atoms with Crippen molar-refractivity contribution in [3.05, 3.63) is 101 Å². The molecule has 0 fully saturated rings. The van der Waals surface area contributed by atoms with Gasteiger partial charge in [-0.25, -0.2) is 0 Å². The SMILES string of the molecule is COc1ccc(CCNC(C(=O)c2c[nH]c3c(C(C)C)cccc23)c2ccccc2)cc1. The molecule has 0 spiro atoms. The summed E-state index contributed by atoms with van der Waals surface area (Å²) >= 11 is 0. The van der Waals surface area contributed by atoms with Crippen molar-refractivity contribution >= 4 is 16.7 Å². The number of methoxy groups -OCH3 is 1. The third kappa shape index (κ3) is 4.61. The van der Waals surface area contributed by atoms with E-state index in [4.69, 9.17) is 4.74 Å². The molecule has 0 aliphatic heterocycles. The van der Waals surface area contributed by atoms with Crippen molar-refractivity contribution in [2.45, 2.75) is 32.2 Å². The van der Waals surface area contributed by atoms with Gasteiger partial charge in [0.2, 0.25) is 0 Å². The minimum Gasteiger partial charge on any atom is -0.497 e. The number of hydrogen-bond donors (Lipinski definition) is 2. The average Bonchev–Trinajstić information content (AvgIpc) is 3.26. The lowest BCUT2D eigenvalue weighted by molar-refractivity contribution is 0.0945. The van der Waals surface area contributed by atoms with E-state index < -0.39 is 6.04 Å². The first kappa shape index (κ1) is 21.8. The van der Waals surface area contributed by atoms with E-state index in [-0.39, 0.29) is 5.78 Å². The third-order valence-corrected chi connectivity index (χ3v) is 5.95. The summed E-state index contributed by atoms with van der Waals surface area (Å²) in [6, 6.07) is 23.8. The number of para-hydroxylation sites is 1. The minimum atomic E-state index is -0.406. The van der Waals surface area contributed by atoms with E-state index in [2.05, 4.69) is 42.3 Å². The maximum atomic E-state index is 13.7. The van der Waals surface area contributed by atoms with Gasteiger partial charge in [-0.15, -0.1) is 0 Å². The molecule has 0 bridgehead atoms. The first-order valence-corrected chi connectivity index (χ1v) is 11.1. The number of nitrogens with one attached hydrogen (secondary N) is 2. The Morgan fingerprint density at radius 2 is 1.72 bits per heavy atom. The number of ether oxygens (including phenoxy) is 1. The molecular weight excluding hydrogens is 396 g/mol. The molecular formula is C28H30N2O2. The van der Waals surface area contributed by atoms with Crippen LogP contribution in [-0.2, 0) is 6.42 Å². The van der Waals surface area contributed by atoms with Crippen LogP contribution in [0.5, 0.6) is 5.75 Å². The van der Waals surface area contributed by atoms with Crippen LogP contribution in [0.2, 0.25) is 0 Å². The van der Waals surface area contributed by atoms with E-state index in [0.717, 1.165) is 34.2 Å². The van der Waals surface area contributed by atoms with E-state index >= 15 is 0 Å². The van der Waals surface area contributed by atoms with Crippen LogP contribution in [0.25, 0.3) is 10.9 Å². The van der Waals surface area contributed by atoms with Crippen LogP contribution < -0.4 is 10.1 Å². The fraction of sp³-hybridized carbons (Fsp3) is 0.250. The Kier molecular flexibility index (Phi) is 6.72. The summed E-state index contributed by atoms with van der Waals surface area (Å²) in [5.74, 6) is 1.31. The highest BCUT2D eigenvalue weighted by molar-refractivity contribution is 6.11. The van der Waals surface area contributed by atoms with Crippen LogP contribution >= 0.6 is 0 Å². The van der Waals surface area contributed by atoms with Gasteiger partial charge in [0, 0.05) is 29.2 Å². The molecule has 0 saturated heterocycles. The van der Waals surface area contributed by atoms with Crippen molar-refractivity contribution in [3.63, 3.8) is 0 Å². The van der Waals surface area contributed by atoms with E-state index in [1.54, 1.807) is 7.11 Å². The summed E-state index contributed by atoms with van der Waals surface area (Å²) in [6.45, 7) is 5.03. The Hall–Kier alpha value is -3.37. The Bertz CT molecular complexity index is 1180. The zero-order valence-electron chi connectivity index (χ0n) is 18.9. The number of Topliss-reactive ketones (excluding diaryl/α,β-unsaturated/α-hetero) is 1. The van der Waals surface area contributed by atoms with Gasteiger partial charge < -0.3 is 15.0 Å². The Labute approximate surface area is 189 Å². The number of rotatable bonds is 9. The summed E-state index contributed by atoms with van der Waals surface area (Å²) in [4.78, 5) is 17.1. The lowest BCUT2D eigenvalue weighted by Gasteiger charge is -2.18. The number of fused-ring (bicyclic) bond motifs is 1. The molecule has 4 rings (SSSR count). The highest BCUT2D eigenvalue weighted by Gasteiger charge is 2.24. The average molecular weight is 427 g/mol. The molecule has 164 valence electrons. The quantitative estimate of drug-likeness (QED) is 0.320. The van der Waals surface area contributed by atoms with Gasteiger partial charge in [-0.1, -0.05) is 74.5 Å². The van der Waals surface area contributed by atoms with Crippen LogP contribution in [0.1, 0.15) is 52.9 Å². The summed E-state index contributed by atoms with van der Waals surface area (Å²) in [7, 11) is 1.67. The van der Waals surface area contributed by atoms with Crippen LogP contribution in [0, 0.1) is 0 Å². The van der Waals surface area contributed by atoms with Crippen molar-refractivity contribution in [3.8, 4) is 5.75 Å². The summed E-state index contributed by atoms with van der Waals surface area (Å²) in [6.07, 6.45) is 2.69. The summed E-state index contributed by atoms with van der Waals surface area (Å²) < 4.78 is 5.24. The fourth-order valence-corrected chi connectivity index (χ4v) is 4.18. The van der Waals surface area contributed by atoms with Crippen LogP contribution in [0.4, 0.5) is 0 Å². The monoisotopic (exact) mass is 426 g/mol. The number of aromatic nitrogens is 1. The molecule has 32 heavy (non-hydrogen) atoms. The van der Waals surface area contributed by atoms with Gasteiger partial charge in [-0.2, -0.15) is 0 Å². The molecule has 1 heterocycles. The molecule has 1 aromatic heterocycles. The van der Waals surface area contributed by atoms with Gasteiger partial charge in [0.25, 0.3) is 0 Å². The highest BCUT2D eigenvalue weighted by Crippen LogP contribution is 2.29. The van der Waals surface area contributed by atoms with Gasteiger partial charge in [-0.3, -0.25) is 4.79 Å². The predicted molar refractivity (Wildman–Crippen MR) is 131 cm³/mol. The molecule has 0 aliphatic rings.